The maximum Gasteiger partial charge on any atom is 0.485 e. The van der Waals surface area contributed by atoms with E-state index in [1.807, 2.05) is 7.11 Å². The molecule has 0 aromatic rings. The Labute approximate surface area is 107 Å². The van der Waals surface area contributed by atoms with E-state index in [9.17, 15) is 13.2 Å². The molecule has 0 N–H and O–H groups in total. The molecule has 0 bridgehead atoms. The highest BCUT2D eigenvalue weighted by Crippen LogP contribution is 2.57. The van der Waals surface area contributed by atoms with Crippen LogP contribution in [-0.2, 0) is 14.9 Å². The van der Waals surface area contributed by atoms with Crippen molar-refractivity contribution in [2.24, 2.45) is 0 Å². The second-order valence-corrected chi connectivity index (χ2v) is 9.82. The van der Waals surface area contributed by atoms with Crippen molar-refractivity contribution < 1.29 is 30.9 Å². The Morgan fingerprint density at radius 2 is 1.39 bits per heavy atom. The van der Waals surface area contributed by atoms with Gasteiger partial charge in [-0.15, -0.1) is 0 Å². The molecule has 0 saturated carbocycles. The van der Waals surface area contributed by atoms with Crippen molar-refractivity contribution in [3.63, 3.8) is 0 Å². The van der Waals surface area contributed by atoms with Crippen molar-refractivity contribution in [3.8, 4) is 0 Å². The fourth-order valence-electron chi connectivity index (χ4n) is 1.22. The van der Waals surface area contributed by atoms with Crippen LogP contribution in [0.4, 0.5) is 13.2 Å². The lowest BCUT2D eigenvalue weighted by molar-refractivity contribution is -0.0517. The van der Waals surface area contributed by atoms with E-state index in [-0.39, 0.29) is 0 Å². The molecule has 0 fully saturated rings. The summed E-state index contributed by atoms with van der Waals surface area (Å²) in [5, 5.41) is 0. The average molecular weight is 312 g/mol. The fourth-order valence-corrected chi connectivity index (χ4v) is 3.66. The molecule has 0 aliphatic carbocycles. The number of methoxy groups -OCH3 is 1. The molecule has 0 radical (unpaired) electrons. The summed E-state index contributed by atoms with van der Waals surface area (Å²) in [6.45, 7) is 6.87. The summed E-state index contributed by atoms with van der Waals surface area (Å²) in [7, 11) is -4.94. The van der Waals surface area contributed by atoms with Crippen molar-refractivity contribution >= 4 is 17.4 Å². The molecule has 0 rings (SSSR count). The maximum atomic E-state index is 10.7. The lowest BCUT2D eigenvalue weighted by Gasteiger charge is -2.21. The first kappa shape index (κ1) is 20.4. The van der Waals surface area contributed by atoms with Gasteiger partial charge in [0.25, 0.3) is 0 Å². The van der Waals surface area contributed by atoms with Crippen LogP contribution in [0, 0.1) is 0 Å². The molecule has 0 saturated heterocycles. The van der Waals surface area contributed by atoms with E-state index in [0.29, 0.717) is 0 Å². The Hall–Kier alpha value is 0.0900. The van der Waals surface area contributed by atoms with Gasteiger partial charge >= 0.3 is 5.51 Å². The zero-order chi connectivity index (χ0) is 15.0. The molecule has 4 nitrogen and oxygen atoms in total. The van der Waals surface area contributed by atoms with Crippen molar-refractivity contribution in [1.82, 2.24) is 0 Å². The highest BCUT2D eigenvalue weighted by atomic mass is 32.2. The summed E-state index contributed by atoms with van der Waals surface area (Å²) in [5.41, 5.74) is -5.65. The van der Waals surface area contributed by atoms with Gasteiger partial charge in [0.1, 0.15) is 0 Å². The van der Waals surface area contributed by atoms with Crippen LogP contribution in [0.15, 0.2) is 0 Å². The Kier molecular flexibility index (Phi) is 9.41. The number of hydrogen-bond acceptors (Lipinski definition) is 4. The van der Waals surface area contributed by atoms with Gasteiger partial charge in [-0.2, -0.15) is 13.2 Å². The standard InChI is InChI=1S/C8H20OP.CHF3O3S/c1-5-10(6-2,7-3)8-9-4;2-1(3,4)8(5,6)7/h5-8H2,1-4H3;(H,5,6,7)/q+1;/p-1. The van der Waals surface area contributed by atoms with Crippen LogP contribution < -0.4 is 0 Å². The summed E-state index contributed by atoms with van der Waals surface area (Å²) in [6, 6.07) is 0. The van der Waals surface area contributed by atoms with E-state index < -0.39 is 22.9 Å². The maximum absolute atomic E-state index is 10.7. The van der Waals surface area contributed by atoms with E-state index in [0.717, 1.165) is 6.35 Å². The molecule has 0 heterocycles. The predicted octanol–water partition coefficient (Wildman–Crippen LogP) is 2.72. The minimum absolute atomic E-state index is 0.661. The Morgan fingerprint density at radius 3 is 1.44 bits per heavy atom. The van der Waals surface area contributed by atoms with Crippen LogP contribution in [0.1, 0.15) is 20.8 Å². The van der Waals surface area contributed by atoms with Crippen LogP contribution in [0.5, 0.6) is 0 Å². The molecular weight excluding hydrogens is 292 g/mol. The van der Waals surface area contributed by atoms with E-state index in [1.165, 1.54) is 18.5 Å². The Balaban J connectivity index is 0. The van der Waals surface area contributed by atoms with Gasteiger partial charge in [-0.3, -0.25) is 0 Å². The number of rotatable bonds is 5. The Morgan fingerprint density at radius 1 is 1.11 bits per heavy atom. The largest absolute Gasteiger partial charge is 0.741 e. The van der Waals surface area contributed by atoms with Gasteiger partial charge < -0.3 is 9.29 Å². The second kappa shape index (κ2) is 8.30. The van der Waals surface area contributed by atoms with Gasteiger partial charge in [-0.25, -0.2) is 8.42 Å². The van der Waals surface area contributed by atoms with E-state index in [1.54, 1.807) is 0 Å². The Bertz CT molecular complexity index is 304. The average Bonchev–Trinajstić information content (AvgIpc) is 2.24. The summed E-state index contributed by atoms with van der Waals surface area (Å²) < 4.78 is 64.1. The van der Waals surface area contributed by atoms with E-state index >= 15 is 0 Å². The van der Waals surface area contributed by atoms with Gasteiger partial charge in [0.15, 0.2) is 16.5 Å². The molecule has 0 aliphatic heterocycles. The van der Waals surface area contributed by atoms with Gasteiger partial charge in [-0.05, 0) is 20.8 Å². The summed E-state index contributed by atoms with van der Waals surface area (Å²) in [5.74, 6) is 0. The van der Waals surface area contributed by atoms with Crippen LogP contribution >= 0.6 is 7.26 Å². The van der Waals surface area contributed by atoms with Crippen LogP contribution in [0.25, 0.3) is 0 Å². The fraction of sp³-hybridized carbons (Fsp3) is 1.00. The van der Waals surface area contributed by atoms with E-state index in [2.05, 4.69) is 20.8 Å². The topological polar surface area (TPSA) is 66.4 Å². The van der Waals surface area contributed by atoms with E-state index in [4.69, 9.17) is 17.7 Å². The normalized spacial score (nSPS) is 12.9. The minimum Gasteiger partial charge on any atom is -0.741 e. The zero-order valence-electron chi connectivity index (χ0n) is 11.0. The number of halogens is 3. The van der Waals surface area contributed by atoms with Crippen LogP contribution in [0.2, 0.25) is 0 Å². The van der Waals surface area contributed by atoms with Gasteiger partial charge in [0.2, 0.25) is 0 Å². The predicted molar refractivity (Wildman–Crippen MR) is 66.2 cm³/mol. The summed E-state index contributed by atoms with van der Waals surface area (Å²) in [6.07, 6.45) is 5.05. The number of alkyl halides is 3. The molecule has 0 amide bonds. The molecule has 0 aromatic carbocycles. The highest BCUT2D eigenvalue weighted by Gasteiger charge is 2.36. The summed E-state index contributed by atoms with van der Waals surface area (Å²) >= 11 is 0. The monoisotopic (exact) mass is 312 g/mol. The number of ether oxygens (including phenoxy) is 1. The minimum atomic E-state index is -6.09. The number of hydrogen-bond donors (Lipinski definition) is 0. The van der Waals surface area contributed by atoms with Gasteiger partial charge in [0, 0.05) is 14.4 Å². The molecule has 9 heteroatoms. The molecule has 0 aromatic heterocycles. The smallest absolute Gasteiger partial charge is 0.485 e. The first-order valence-corrected chi connectivity index (χ1v) is 9.29. The molecule has 18 heavy (non-hydrogen) atoms. The third-order valence-corrected chi connectivity index (χ3v) is 8.10. The van der Waals surface area contributed by atoms with Gasteiger partial charge in [-0.1, -0.05) is 0 Å². The van der Waals surface area contributed by atoms with Crippen molar-refractivity contribution in [2.75, 3.05) is 31.9 Å². The molecule has 0 aliphatic rings. The molecule has 0 atom stereocenters. The van der Waals surface area contributed by atoms with Crippen LogP contribution in [0.3, 0.4) is 0 Å². The van der Waals surface area contributed by atoms with Crippen molar-refractivity contribution in [3.05, 3.63) is 0 Å². The first-order chi connectivity index (χ1) is 7.99. The quantitative estimate of drug-likeness (QED) is 0.445. The molecular formula is C9H20F3O4PS. The second-order valence-electron chi connectivity index (χ2n) is 3.61. The van der Waals surface area contributed by atoms with Crippen LogP contribution in [-0.4, -0.2) is 50.4 Å². The molecule has 0 spiro atoms. The third-order valence-electron chi connectivity index (χ3n) is 2.70. The molecule has 0 unspecified atom stereocenters. The SMILES string of the molecule is CC[P+](CC)(CC)COC.O=S(=O)([O-])C(F)(F)F. The zero-order valence-corrected chi connectivity index (χ0v) is 12.7. The first-order valence-electron chi connectivity index (χ1n) is 5.35. The third kappa shape index (κ3) is 7.51. The molecule has 112 valence electrons. The highest BCUT2D eigenvalue weighted by molar-refractivity contribution is 7.86. The van der Waals surface area contributed by atoms with Crippen molar-refractivity contribution in [1.29, 1.82) is 0 Å². The van der Waals surface area contributed by atoms with Crippen molar-refractivity contribution in [2.45, 2.75) is 26.3 Å². The lowest BCUT2D eigenvalue weighted by atomic mass is 10.9. The lowest BCUT2D eigenvalue weighted by Crippen LogP contribution is -2.21. The summed E-state index contributed by atoms with van der Waals surface area (Å²) in [4.78, 5) is 0. The van der Waals surface area contributed by atoms with Gasteiger partial charge in [0.05, 0.1) is 18.5 Å².